The molecule has 0 spiro atoms. The van der Waals surface area contributed by atoms with Crippen molar-refractivity contribution in [2.75, 3.05) is 0 Å². The number of thiophene rings is 4. The predicted octanol–water partition coefficient (Wildman–Crippen LogP) is 7.29. The van der Waals surface area contributed by atoms with E-state index < -0.39 is 11.9 Å². The maximum atomic E-state index is 13.2. The minimum atomic E-state index is -0.412. The van der Waals surface area contributed by atoms with Crippen LogP contribution in [0.5, 0.6) is 10.1 Å². The molecule has 5 rings (SSSR count). The third kappa shape index (κ3) is 3.35. The SMILES string of the molecule is Cc1cc2c(C(=O)Oc3cccs3)c3sc(C)cc3c(C(=O)Oc3cccs3)c2s1. The van der Waals surface area contributed by atoms with Gasteiger partial charge in [0.2, 0.25) is 0 Å². The van der Waals surface area contributed by atoms with E-state index in [1.807, 2.05) is 48.9 Å². The summed E-state index contributed by atoms with van der Waals surface area (Å²) in [5.41, 5.74) is 1.01. The molecule has 30 heavy (non-hydrogen) atoms. The molecule has 8 heteroatoms. The van der Waals surface area contributed by atoms with Crippen molar-refractivity contribution in [3.63, 3.8) is 0 Å². The second kappa shape index (κ2) is 7.63. The molecule has 0 aliphatic rings. The lowest BCUT2D eigenvalue weighted by atomic mass is 10.0. The average Bonchev–Trinajstić information content (AvgIpc) is 3.46. The molecule has 4 aromatic heterocycles. The van der Waals surface area contributed by atoms with Gasteiger partial charge in [0.1, 0.15) is 0 Å². The van der Waals surface area contributed by atoms with Gasteiger partial charge in [-0.05, 0) is 61.0 Å². The minimum absolute atomic E-state index is 0.412. The molecule has 0 aliphatic carbocycles. The normalized spacial score (nSPS) is 11.3. The molecule has 0 unspecified atom stereocenters. The molecule has 0 saturated heterocycles. The highest BCUT2D eigenvalue weighted by Crippen LogP contribution is 2.42. The summed E-state index contributed by atoms with van der Waals surface area (Å²) in [4.78, 5) is 28.4. The zero-order chi connectivity index (χ0) is 20.8. The van der Waals surface area contributed by atoms with Gasteiger partial charge in [0, 0.05) is 20.5 Å². The Bertz CT molecular complexity index is 1230. The van der Waals surface area contributed by atoms with E-state index in [9.17, 15) is 9.59 Å². The van der Waals surface area contributed by atoms with Gasteiger partial charge in [-0.2, -0.15) is 0 Å². The van der Waals surface area contributed by atoms with Crippen LogP contribution in [0.4, 0.5) is 0 Å². The number of fused-ring (bicyclic) bond motifs is 2. The van der Waals surface area contributed by atoms with Crippen LogP contribution in [0.3, 0.4) is 0 Å². The molecule has 150 valence electrons. The van der Waals surface area contributed by atoms with E-state index in [0.717, 1.165) is 29.9 Å². The van der Waals surface area contributed by atoms with E-state index in [1.165, 1.54) is 45.3 Å². The molecule has 0 N–H and O–H groups in total. The Morgan fingerprint density at radius 3 is 1.53 bits per heavy atom. The molecule has 4 heterocycles. The number of benzene rings is 1. The summed E-state index contributed by atoms with van der Waals surface area (Å²) in [6.45, 7) is 3.93. The van der Waals surface area contributed by atoms with Crippen LogP contribution in [-0.2, 0) is 0 Å². The fourth-order valence-electron chi connectivity index (χ4n) is 3.35. The van der Waals surface area contributed by atoms with E-state index in [-0.39, 0.29) is 0 Å². The summed E-state index contributed by atoms with van der Waals surface area (Å²) < 4.78 is 12.8. The van der Waals surface area contributed by atoms with Crippen molar-refractivity contribution < 1.29 is 19.1 Å². The summed E-state index contributed by atoms with van der Waals surface area (Å²) in [6, 6.07) is 11.1. The van der Waals surface area contributed by atoms with Crippen LogP contribution in [0.1, 0.15) is 30.5 Å². The Morgan fingerprint density at radius 1 is 0.733 bits per heavy atom. The van der Waals surface area contributed by atoms with Crippen molar-refractivity contribution in [1.82, 2.24) is 0 Å². The fourth-order valence-corrected chi connectivity index (χ4v) is 6.62. The maximum absolute atomic E-state index is 13.2. The van der Waals surface area contributed by atoms with Gasteiger partial charge in [-0.1, -0.05) is 0 Å². The van der Waals surface area contributed by atoms with Gasteiger partial charge in [-0.15, -0.1) is 45.3 Å². The molecule has 4 nitrogen and oxygen atoms in total. The fraction of sp³-hybridized carbons (Fsp3) is 0.0909. The molecular formula is C22H14O4S4. The molecule has 0 fully saturated rings. The summed E-state index contributed by atoms with van der Waals surface area (Å²) in [5, 5.41) is 6.27. The molecule has 0 bridgehead atoms. The van der Waals surface area contributed by atoms with Gasteiger partial charge in [0.15, 0.2) is 10.1 Å². The quantitative estimate of drug-likeness (QED) is 0.259. The van der Waals surface area contributed by atoms with Crippen molar-refractivity contribution >= 4 is 77.5 Å². The number of hydrogen-bond donors (Lipinski definition) is 0. The van der Waals surface area contributed by atoms with Crippen LogP contribution >= 0.6 is 45.3 Å². The van der Waals surface area contributed by atoms with E-state index in [4.69, 9.17) is 9.47 Å². The maximum Gasteiger partial charge on any atom is 0.346 e. The predicted molar refractivity (Wildman–Crippen MR) is 125 cm³/mol. The molecule has 0 aliphatic heterocycles. The van der Waals surface area contributed by atoms with E-state index >= 15 is 0 Å². The Hall–Kier alpha value is -2.52. The monoisotopic (exact) mass is 470 g/mol. The van der Waals surface area contributed by atoms with Gasteiger partial charge in [-0.25, -0.2) is 9.59 Å². The molecule has 1 aromatic carbocycles. The van der Waals surface area contributed by atoms with Crippen molar-refractivity contribution in [1.29, 1.82) is 0 Å². The Kier molecular flexibility index (Phi) is 4.94. The number of hydrogen-bond acceptors (Lipinski definition) is 8. The third-order valence-electron chi connectivity index (χ3n) is 4.49. The first-order valence-electron chi connectivity index (χ1n) is 8.99. The lowest BCUT2D eigenvalue weighted by molar-refractivity contribution is 0.0732. The van der Waals surface area contributed by atoms with Gasteiger partial charge in [0.25, 0.3) is 0 Å². The number of esters is 2. The summed E-state index contributed by atoms with van der Waals surface area (Å²) in [6.07, 6.45) is 0. The molecule has 0 saturated carbocycles. The summed E-state index contributed by atoms with van der Waals surface area (Å²) in [5.74, 6) is -0.824. The standard InChI is InChI=1S/C22H14O4S4/c1-11-9-13-17(21(23)25-15-5-3-7-27-15)20-14(10-12(2)30-20)18(19(13)29-11)22(24)26-16-6-4-8-28-16/h3-10H,1-2H3. The zero-order valence-corrected chi connectivity index (χ0v) is 19.2. The Morgan fingerprint density at radius 2 is 1.17 bits per heavy atom. The first kappa shape index (κ1) is 19.4. The van der Waals surface area contributed by atoms with Gasteiger partial charge in [-0.3, -0.25) is 0 Å². The lowest BCUT2D eigenvalue weighted by Crippen LogP contribution is -2.12. The molecule has 0 radical (unpaired) electrons. The highest BCUT2D eigenvalue weighted by Gasteiger charge is 2.27. The molecule has 0 amide bonds. The van der Waals surface area contributed by atoms with E-state index in [1.54, 1.807) is 12.1 Å². The molecule has 5 aromatic rings. The second-order valence-electron chi connectivity index (χ2n) is 6.59. The second-order valence-corrected chi connectivity index (χ2v) is 10.9. The molecule has 0 atom stereocenters. The smallest absolute Gasteiger partial charge is 0.346 e. The van der Waals surface area contributed by atoms with Crippen molar-refractivity contribution in [3.05, 3.63) is 68.0 Å². The summed E-state index contributed by atoms with van der Waals surface area (Å²) >= 11 is 5.71. The number of carbonyl (C=O) groups excluding carboxylic acids is 2. The highest BCUT2D eigenvalue weighted by molar-refractivity contribution is 7.21. The van der Waals surface area contributed by atoms with Gasteiger partial charge in [0.05, 0.1) is 20.5 Å². The third-order valence-corrected chi connectivity index (χ3v) is 8.11. The number of ether oxygens (including phenoxy) is 2. The van der Waals surface area contributed by atoms with Crippen LogP contribution in [0.15, 0.2) is 47.2 Å². The molecular weight excluding hydrogens is 457 g/mol. The van der Waals surface area contributed by atoms with Gasteiger partial charge < -0.3 is 9.47 Å². The highest BCUT2D eigenvalue weighted by atomic mass is 32.1. The number of rotatable bonds is 4. The first-order chi connectivity index (χ1) is 14.5. The van der Waals surface area contributed by atoms with Crippen molar-refractivity contribution in [2.24, 2.45) is 0 Å². The van der Waals surface area contributed by atoms with Crippen LogP contribution in [0, 0.1) is 13.8 Å². The Labute approximate surface area is 187 Å². The van der Waals surface area contributed by atoms with Crippen LogP contribution in [0.25, 0.3) is 20.2 Å². The lowest BCUT2D eigenvalue weighted by Gasteiger charge is -2.10. The zero-order valence-electron chi connectivity index (χ0n) is 15.9. The van der Waals surface area contributed by atoms with Gasteiger partial charge >= 0.3 is 11.9 Å². The van der Waals surface area contributed by atoms with Crippen LogP contribution in [0.2, 0.25) is 0 Å². The largest absolute Gasteiger partial charge is 0.412 e. The van der Waals surface area contributed by atoms with Crippen molar-refractivity contribution in [3.8, 4) is 10.1 Å². The average molecular weight is 471 g/mol. The number of aryl methyl sites for hydroxylation is 2. The Balaban J connectivity index is 1.73. The minimum Gasteiger partial charge on any atom is -0.412 e. The van der Waals surface area contributed by atoms with E-state index in [2.05, 4.69) is 0 Å². The summed E-state index contributed by atoms with van der Waals surface area (Å²) in [7, 11) is 0. The number of carbonyl (C=O) groups is 2. The first-order valence-corrected chi connectivity index (χ1v) is 12.4. The van der Waals surface area contributed by atoms with E-state index in [0.29, 0.717) is 21.3 Å². The van der Waals surface area contributed by atoms with Crippen molar-refractivity contribution in [2.45, 2.75) is 13.8 Å². The van der Waals surface area contributed by atoms with Crippen LogP contribution < -0.4 is 9.47 Å². The van der Waals surface area contributed by atoms with Crippen LogP contribution in [-0.4, -0.2) is 11.9 Å². The topological polar surface area (TPSA) is 52.6 Å².